The minimum atomic E-state index is -0.239. The highest BCUT2D eigenvalue weighted by Crippen LogP contribution is 2.20. The summed E-state index contributed by atoms with van der Waals surface area (Å²) in [5.41, 5.74) is 3.42. The largest absolute Gasteiger partial charge is 0.489 e. The van der Waals surface area contributed by atoms with E-state index in [-0.39, 0.29) is 10.8 Å². The molecule has 1 heterocycles. The molecule has 0 aliphatic carbocycles. The van der Waals surface area contributed by atoms with Gasteiger partial charge in [0.25, 0.3) is 0 Å². The number of benzene rings is 3. The molecular weight excluding hydrogens is 384 g/mol. The molecule has 5 nitrogen and oxygen atoms in total. The van der Waals surface area contributed by atoms with Crippen molar-refractivity contribution in [2.75, 3.05) is 5.32 Å². The molecule has 1 amide bonds. The predicted octanol–water partition coefficient (Wildman–Crippen LogP) is 4.82. The summed E-state index contributed by atoms with van der Waals surface area (Å²) < 4.78 is 6.57. The first-order chi connectivity index (χ1) is 14.2. The van der Waals surface area contributed by atoms with Crippen molar-refractivity contribution >= 4 is 39.2 Å². The first-order valence-electron chi connectivity index (χ1n) is 9.04. The fourth-order valence-corrected chi connectivity index (χ4v) is 3.57. The number of aromatic amines is 1. The van der Waals surface area contributed by atoms with Gasteiger partial charge in [0.15, 0.2) is 0 Å². The molecular formula is C23H18N2O3S. The normalized spacial score (nSPS) is 11.0. The van der Waals surface area contributed by atoms with Crippen molar-refractivity contribution in [2.24, 2.45) is 0 Å². The Balaban J connectivity index is 1.33. The van der Waals surface area contributed by atoms with Gasteiger partial charge < -0.3 is 15.0 Å². The third kappa shape index (κ3) is 5.00. The number of ether oxygens (including phenoxy) is 1. The quantitative estimate of drug-likeness (QED) is 0.454. The van der Waals surface area contributed by atoms with Crippen LogP contribution in [-0.4, -0.2) is 10.9 Å². The number of H-pyrrole nitrogens is 1. The molecule has 0 saturated carbocycles. The van der Waals surface area contributed by atoms with Gasteiger partial charge in [0.05, 0.1) is 10.2 Å². The lowest BCUT2D eigenvalue weighted by Gasteiger charge is -2.06. The maximum Gasteiger partial charge on any atom is 0.305 e. The van der Waals surface area contributed by atoms with Crippen LogP contribution in [0, 0.1) is 0 Å². The number of fused-ring (bicyclic) bond motifs is 1. The van der Waals surface area contributed by atoms with Crippen molar-refractivity contribution in [2.45, 2.75) is 6.61 Å². The molecule has 0 radical (unpaired) electrons. The molecule has 0 aliphatic rings. The Labute approximate surface area is 171 Å². The number of nitrogens with one attached hydrogen (secondary N) is 2. The molecule has 144 valence electrons. The highest BCUT2D eigenvalue weighted by atomic mass is 32.1. The number of thiazole rings is 1. The smallest absolute Gasteiger partial charge is 0.305 e. The Morgan fingerprint density at radius 1 is 1.03 bits per heavy atom. The van der Waals surface area contributed by atoms with E-state index < -0.39 is 0 Å². The van der Waals surface area contributed by atoms with Crippen molar-refractivity contribution in [3.8, 4) is 5.75 Å². The number of hydrogen-bond acceptors (Lipinski definition) is 4. The predicted molar refractivity (Wildman–Crippen MR) is 117 cm³/mol. The summed E-state index contributed by atoms with van der Waals surface area (Å²) in [5, 5.41) is 2.80. The Kier molecular flexibility index (Phi) is 5.54. The SMILES string of the molecule is O=C(/C=C/c1ccc(OCc2ccccc2)cc1)Nc1ccc2[nH]c(=O)sc2c1. The Hall–Kier alpha value is -3.64. The summed E-state index contributed by atoms with van der Waals surface area (Å²) >= 11 is 1.12. The van der Waals surface area contributed by atoms with Crippen molar-refractivity contribution in [3.63, 3.8) is 0 Å². The van der Waals surface area contributed by atoms with Crippen molar-refractivity contribution in [1.29, 1.82) is 0 Å². The second-order valence-electron chi connectivity index (χ2n) is 6.39. The molecule has 0 unspecified atom stereocenters. The lowest BCUT2D eigenvalue weighted by molar-refractivity contribution is -0.111. The topological polar surface area (TPSA) is 71.2 Å². The monoisotopic (exact) mass is 402 g/mol. The minimum Gasteiger partial charge on any atom is -0.489 e. The highest BCUT2D eigenvalue weighted by Gasteiger charge is 2.03. The standard InChI is InChI=1S/C23H18N2O3S/c26-22(24-18-9-12-20-21(14-18)29-23(27)25-20)13-8-16-6-10-19(11-7-16)28-15-17-4-2-1-3-5-17/h1-14H,15H2,(H,24,26)(H,25,27)/b13-8+. The highest BCUT2D eigenvalue weighted by molar-refractivity contribution is 7.16. The van der Waals surface area contributed by atoms with Crippen LogP contribution in [0.1, 0.15) is 11.1 Å². The van der Waals surface area contributed by atoms with Gasteiger partial charge in [-0.1, -0.05) is 53.8 Å². The number of anilines is 1. The molecule has 4 aromatic rings. The van der Waals surface area contributed by atoms with Gasteiger partial charge in [-0.05, 0) is 47.5 Å². The summed E-state index contributed by atoms with van der Waals surface area (Å²) in [7, 11) is 0. The first kappa shape index (κ1) is 18.7. The second-order valence-corrected chi connectivity index (χ2v) is 7.41. The van der Waals surface area contributed by atoms with E-state index in [1.54, 1.807) is 24.3 Å². The fourth-order valence-electron chi connectivity index (χ4n) is 2.80. The summed E-state index contributed by atoms with van der Waals surface area (Å²) in [6.07, 6.45) is 3.22. The van der Waals surface area contributed by atoms with E-state index in [1.165, 1.54) is 6.08 Å². The molecule has 0 fully saturated rings. The summed E-state index contributed by atoms with van der Waals surface area (Å²) in [6, 6.07) is 22.8. The van der Waals surface area contributed by atoms with Gasteiger partial charge >= 0.3 is 4.87 Å². The number of amides is 1. The number of carbonyl (C=O) groups excluding carboxylic acids is 1. The molecule has 0 bridgehead atoms. The minimum absolute atomic E-state index is 0.112. The lowest BCUT2D eigenvalue weighted by Crippen LogP contribution is -2.07. The third-order valence-corrected chi connectivity index (χ3v) is 5.09. The van der Waals surface area contributed by atoms with Gasteiger partial charge in [-0.3, -0.25) is 9.59 Å². The van der Waals surface area contributed by atoms with E-state index in [2.05, 4.69) is 10.3 Å². The molecule has 3 aromatic carbocycles. The van der Waals surface area contributed by atoms with Gasteiger partial charge in [0.1, 0.15) is 12.4 Å². The van der Waals surface area contributed by atoms with Crippen LogP contribution in [0.5, 0.6) is 5.75 Å². The van der Waals surface area contributed by atoms with Crippen LogP contribution in [0.2, 0.25) is 0 Å². The van der Waals surface area contributed by atoms with Crippen LogP contribution in [-0.2, 0) is 11.4 Å². The molecule has 0 saturated heterocycles. The summed E-state index contributed by atoms with van der Waals surface area (Å²) in [6.45, 7) is 0.513. The van der Waals surface area contributed by atoms with E-state index in [1.807, 2.05) is 54.6 Å². The Morgan fingerprint density at radius 2 is 1.83 bits per heavy atom. The third-order valence-electron chi connectivity index (χ3n) is 4.24. The number of aromatic nitrogens is 1. The van der Waals surface area contributed by atoms with E-state index in [0.29, 0.717) is 12.3 Å². The Morgan fingerprint density at radius 3 is 2.62 bits per heavy atom. The average Bonchev–Trinajstić information content (AvgIpc) is 3.11. The van der Waals surface area contributed by atoms with E-state index in [0.717, 1.165) is 38.4 Å². The number of carbonyl (C=O) groups is 1. The molecule has 0 aliphatic heterocycles. The number of hydrogen-bond donors (Lipinski definition) is 2. The zero-order valence-electron chi connectivity index (χ0n) is 15.4. The molecule has 4 rings (SSSR count). The molecule has 29 heavy (non-hydrogen) atoms. The lowest BCUT2D eigenvalue weighted by atomic mass is 10.2. The average molecular weight is 402 g/mol. The molecule has 0 spiro atoms. The van der Waals surface area contributed by atoms with Gasteiger partial charge in [0.2, 0.25) is 5.91 Å². The van der Waals surface area contributed by atoms with Gasteiger partial charge in [-0.15, -0.1) is 0 Å². The maximum atomic E-state index is 12.2. The zero-order chi connectivity index (χ0) is 20.1. The van der Waals surface area contributed by atoms with Gasteiger partial charge in [0, 0.05) is 11.8 Å². The van der Waals surface area contributed by atoms with Crippen LogP contribution < -0.4 is 14.9 Å². The summed E-state index contributed by atoms with van der Waals surface area (Å²) in [5.74, 6) is 0.533. The first-order valence-corrected chi connectivity index (χ1v) is 9.86. The molecule has 6 heteroatoms. The van der Waals surface area contributed by atoms with Crippen molar-refractivity contribution in [3.05, 3.63) is 99.7 Å². The Bertz CT molecular complexity index is 1210. The van der Waals surface area contributed by atoms with E-state index in [4.69, 9.17) is 4.74 Å². The van der Waals surface area contributed by atoms with Crippen molar-refractivity contribution in [1.82, 2.24) is 4.98 Å². The molecule has 0 atom stereocenters. The van der Waals surface area contributed by atoms with Crippen LogP contribution in [0.15, 0.2) is 83.7 Å². The molecule has 1 aromatic heterocycles. The maximum absolute atomic E-state index is 12.2. The van der Waals surface area contributed by atoms with E-state index in [9.17, 15) is 9.59 Å². The zero-order valence-corrected chi connectivity index (χ0v) is 16.2. The van der Waals surface area contributed by atoms with Crippen LogP contribution >= 0.6 is 11.3 Å². The van der Waals surface area contributed by atoms with Crippen LogP contribution in [0.25, 0.3) is 16.3 Å². The van der Waals surface area contributed by atoms with Crippen LogP contribution in [0.3, 0.4) is 0 Å². The molecule has 2 N–H and O–H groups in total. The number of rotatable bonds is 6. The summed E-state index contributed by atoms with van der Waals surface area (Å²) in [4.78, 5) is 26.2. The van der Waals surface area contributed by atoms with Gasteiger partial charge in [-0.2, -0.15) is 0 Å². The van der Waals surface area contributed by atoms with Crippen LogP contribution in [0.4, 0.5) is 5.69 Å². The second kappa shape index (κ2) is 8.58. The fraction of sp³-hybridized carbons (Fsp3) is 0.0435. The van der Waals surface area contributed by atoms with E-state index >= 15 is 0 Å². The van der Waals surface area contributed by atoms with Gasteiger partial charge in [-0.25, -0.2) is 0 Å². The van der Waals surface area contributed by atoms with Crippen molar-refractivity contribution < 1.29 is 9.53 Å².